The van der Waals surface area contributed by atoms with Crippen molar-refractivity contribution in [2.45, 2.75) is 27.2 Å². The maximum absolute atomic E-state index is 12.1. The average molecular weight is 294 g/mol. The Kier molecular flexibility index (Phi) is 5.02. The largest absolute Gasteiger partial charge is 0.481 e. The van der Waals surface area contributed by atoms with Crippen LogP contribution in [-0.2, 0) is 4.79 Å². The predicted octanol–water partition coefficient (Wildman–Crippen LogP) is 2.13. The summed E-state index contributed by atoms with van der Waals surface area (Å²) in [6.07, 6.45) is 0.358. The molecule has 0 heterocycles. The first-order valence-electron chi connectivity index (χ1n) is 6.48. The van der Waals surface area contributed by atoms with E-state index in [1.807, 2.05) is 0 Å². The molecule has 0 aliphatic heterocycles. The zero-order valence-electron chi connectivity index (χ0n) is 12.2. The van der Waals surface area contributed by atoms with Crippen molar-refractivity contribution >= 4 is 17.6 Å². The molecule has 0 bridgehead atoms. The van der Waals surface area contributed by atoms with Crippen molar-refractivity contribution in [1.29, 1.82) is 0 Å². The number of non-ortho nitro benzene ring substituents is 1. The smallest absolute Gasteiger partial charge is 0.311 e. The van der Waals surface area contributed by atoms with Gasteiger partial charge in [0.15, 0.2) is 0 Å². The molecule has 7 nitrogen and oxygen atoms in total. The molecule has 2 N–H and O–H groups in total. The van der Waals surface area contributed by atoms with Gasteiger partial charge in [-0.1, -0.05) is 13.0 Å². The summed E-state index contributed by atoms with van der Waals surface area (Å²) in [6.45, 7) is 4.88. The SMILES string of the molecule is CCC(C)(CNC(=O)c1cc([N+](=O)[O-])ccc1C)C(=O)O. The molecule has 0 aliphatic carbocycles. The van der Waals surface area contributed by atoms with Crippen molar-refractivity contribution in [1.82, 2.24) is 5.32 Å². The first-order valence-corrected chi connectivity index (χ1v) is 6.48. The van der Waals surface area contributed by atoms with Gasteiger partial charge in [0.25, 0.3) is 11.6 Å². The van der Waals surface area contributed by atoms with Gasteiger partial charge in [0.2, 0.25) is 0 Å². The fourth-order valence-electron chi connectivity index (χ4n) is 1.69. The Morgan fingerprint density at radius 1 is 1.43 bits per heavy atom. The van der Waals surface area contributed by atoms with E-state index in [9.17, 15) is 19.7 Å². The number of hydrogen-bond donors (Lipinski definition) is 2. The molecule has 7 heteroatoms. The number of nitrogens with zero attached hydrogens (tertiary/aromatic N) is 1. The monoisotopic (exact) mass is 294 g/mol. The number of benzene rings is 1. The van der Waals surface area contributed by atoms with Gasteiger partial charge in [0.05, 0.1) is 10.3 Å². The summed E-state index contributed by atoms with van der Waals surface area (Å²) in [5.41, 5.74) is -0.480. The summed E-state index contributed by atoms with van der Waals surface area (Å²) in [4.78, 5) is 33.4. The Bertz CT molecular complexity index is 585. The zero-order chi connectivity index (χ0) is 16.2. The molecule has 0 aromatic heterocycles. The lowest BCUT2D eigenvalue weighted by atomic mass is 9.87. The molecule has 1 atom stereocenters. The number of aryl methyl sites for hydroxylation is 1. The maximum Gasteiger partial charge on any atom is 0.311 e. The van der Waals surface area contributed by atoms with Crippen molar-refractivity contribution in [3.8, 4) is 0 Å². The van der Waals surface area contributed by atoms with Gasteiger partial charge in [0.1, 0.15) is 0 Å². The van der Waals surface area contributed by atoms with Gasteiger partial charge >= 0.3 is 5.97 Å². The van der Waals surface area contributed by atoms with Gasteiger partial charge in [-0.2, -0.15) is 0 Å². The molecule has 1 aromatic carbocycles. The number of carboxylic acids is 1. The number of nitro groups is 1. The molecule has 1 unspecified atom stereocenters. The summed E-state index contributed by atoms with van der Waals surface area (Å²) in [5.74, 6) is -1.52. The van der Waals surface area contributed by atoms with Crippen LogP contribution in [0, 0.1) is 22.5 Å². The van der Waals surface area contributed by atoms with Crippen molar-refractivity contribution in [2.75, 3.05) is 6.54 Å². The lowest BCUT2D eigenvalue weighted by Gasteiger charge is -2.23. The number of carbonyl (C=O) groups is 2. The molecular weight excluding hydrogens is 276 g/mol. The summed E-state index contributed by atoms with van der Waals surface area (Å²) in [5, 5.41) is 22.4. The Morgan fingerprint density at radius 3 is 2.52 bits per heavy atom. The summed E-state index contributed by atoms with van der Waals surface area (Å²) in [6, 6.07) is 4.00. The molecule has 0 aliphatic rings. The van der Waals surface area contributed by atoms with Crippen molar-refractivity contribution in [3.05, 3.63) is 39.4 Å². The van der Waals surface area contributed by atoms with E-state index in [-0.39, 0.29) is 17.8 Å². The van der Waals surface area contributed by atoms with Gasteiger partial charge in [-0.15, -0.1) is 0 Å². The van der Waals surface area contributed by atoms with Crippen LogP contribution < -0.4 is 5.32 Å². The number of aliphatic carboxylic acids is 1. The first kappa shape index (κ1) is 16.6. The summed E-state index contributed by atoms with van der Waals surface area (Å²) >= 11 is 0. The Labute approximate surface area is 122 Å². The molecule has 0 saturated heterocycles. The highest BCUT2D eigenvalue weighted by molar-refractivity contribution is 5.96. The lowest BCUT2D eigenvalue weighted by molar-refractivity contribution is -0.384. The van der Waals surface area contributed by atoms with Crippen LogP contribution in [0.25, 0.3) is 0 Å². The molecule has 0 radical (unpaired) electrons. The second-order valence-corrected chi connectivity index (χ2v) is 5.16. The molecule has 114 valence electrons. The van der Waals surface area contributed by atoms with Crippen molar-refractivity contribution < 1.29 is 19.6 Å². The number of amides is 1. The van der Waals surface area contributed by atoms with Crippen molar-refractivity contribution in [3.63, 3.8) is 0 Å². The second-order valence-electron chi connectivity index (χ2n) is 5.16. The van der Waals surface area contributed by atoms with Gasteiger partial charge < -0.3 is 10.4 Å². The van der Waals surface area contributed by atoms with Crippen LogP contribution in [0.1, 0.15) is 36.2 Å². The molecule has 1 aromatic rings. The van der Waals surface area contributed by atoms with E-state index in [1.165, 1.54) is 25.1 Å². The van der Waals surface area contributed by atoms with Crippen LogP contribution in [-0.4, -0.2) is 28.5 Å². The number of nitro benzene ring substituents is 1. The second kappa shape index (κ2) is 6.34. The molecule has 1 rings (SSSR count). The number of carboxylic acid groups (broad SMARTS) is 1. The third-order valence-corrected chi connectivity index (χ3v) is 3.61. The Morgan fingerprint density at radius 2 is 2.05 bits per heavy atom. The van der Waals surface area contributed by atoms with E-state index in [1.54, 1.807) is 13.8 Å². The summed E-state index contributed by atoms with van der Waals surface area (Å²) in [7, 11) is 0. The minimum absolute atomic E-state index is 0.0419. The maximum atomic E-state index is 12.1. The number of nitrogens with one attached hydrogen (secondary N) is 1. The average Bonchev–Trinajstić information content (AvgIpc) is 2.44. The number of carbonyl (C=O) groups excluding carboxylic acids is 1. The van der Waals surface area contributed by atoms with Gasteiger partial charge in [-0.3, -0.25) is 19.7 Å². The van der Waals surface area contributed by atoms with E-state index < -0.39 is 22.2 Å². The van der Waals surface area contributed by atoms with E-state index in [4.69, 9.17) is 5.11 Å². The number of hydrogen-bond acceptors (Lipinski definition) is 4. The van der Waals surface area contributed by atoms with Crippen LogP contribution >= 0.6 is 0 Å². The Balaban J connectivity index is 2.92. The quantitative estimate of drug-likeness (QED) is 0.617. The van der Waals surface area contributed by atoms with Crippen LogP contribution in [0.2, 0.25) is 0 Å². The van der Waals surface area contributed by atoms with E-state index in [0.717, 1.165) is 0 Å². The fourth-order valence-corrected chi connectivity index (χ4v) is 1.69. The van der Waals surface area contributed by atoms with Crippen LogP contribution in [0.3, 0.4) is 0 Å². The summed E-state index contributed by atoms with van der Waals surface area (Å²) < 4.78 is 0. The minimum atomic E-state index is -1.07. The fraction of sp³-hybridized carbons (Fsp3) is 0.429. The van der Waals surface area contributed by atoms with Crippen LogP contribution in [0.15, 0.2) is 18.2 Å². The minimum Gasteiger partial charge on any atom is -0.481 e. The van der Waals surface area contributed by atoms with Gasteiger partial charge in [-0.25, -0.2) is 0 Å². The molecule has 0 spiro atoms. The number of rotatable bonds is 6. The lowest BCUT2D eigenvalue weighted by Crippen LogP contribution is -2.40. The predicted molar refractivity (Wildman–Crippen MR) is 76.2 cm³/mol. The zero-order valence-corrected chi connectivity index (χ0v) is 12.2. The highest BCUT2D eigenvalue weighted by Gasteiger charge is 2.31. The van der Waals surface area contributed by atoms with E-state index in [0.29, 0.717) is 12.0 Å². The topological polar surface area (TPSA) is 110 Å². The Hall–Kier alpha value is -2.44. The molecule has 0 fully saturated rings. The standard InChI is InChI=1S/C14H18N2O5/c1-4-14(3,13(18)19)8-15-12(17)11-7-10(16(20)21)6-5-9(11)2/h5-7H,4,8H2,1-3H3,(H,15,17)(H,18,19). The molecular formula is C14H18N2O5. The van der Waals surface area contributed by atoms with E-state index in [2.05, 4.69) is 5.32 Å². The molecule has 0 saturated carbocycles. The molecule has 1 amide bonds. The van der Waals surface area contributed by atoms with Crippen LogP contribution in [0.5, 0.6) is 0 Å². The molecule has 21 heavy (non-hydrogen) atoms. The highest BCUT2D eigenvalue weighted by atomic mass is 16.6. The normalized spacial score (nSPS) is 13.3. The highest BCUT2D eigenvalue weighted by Crippen LogP contribution is 2.21. The van der Waals surface area contributed by atoms with E-state index >= 15 is 0 Å². The van der Waals surface area contributed by atoms with Crippen LogP contribution in [0.4, 0.5) is 5.69 Å². The van der Waals surface area contributed by atoms with Crippen molar-refractivity contribution in [2.24, 2.45) is 5.41 Å². The first-order chi connectivity index (χ1) is 9.71. The third-order valence-electron chi connectivity index (χ3n) is 3.61. The van der Waals surface area contributed by atoms with Gasteiger partial charge in [0, 0.05) is 24.2 Å². The third kappa shape index (κ3) is 3.77. The van der Waals surface area contributed by atoms with Gasteiger partial charge in [-0.05, 0) is 25.8 Å².